The molecule has 1 amide bonds. The molecule has 0 aliphatic carbocycles. The van der Waals surface area contributed by atoms with Gasteiger partial charge in [0, 0.05) is 41.7 Å². The van der Waals surface area contributed by atoms with E-state index in [1.165, 1.54) is 5.56 Å². The molecule has 4 nitrogen and oxygen atoms in total. The SMILES string of the molecule is CCc1cccc(-c2cc(-c3cc4c([nH]3)CCNC4=O)ccn2)c1. The lowest BCUT2D eigenvalue weighted by Crippen LogP contribution is -2.31. The third-order valence-electron chi connectivity index (χ3n) is 4.51. The predicted octanol–water partition coefficient (Wildman–Crippen LogP) is 3.59. The van der Waals surface area contributed by atoms with Gasteiger partial charge in [-0.15, -0.1) is 0 Å². The molecule has 0 saturated heterocycles. The molecule has 2 aromatic heterocycles. The minimum atomic E-state index is 0.00340. The van der Waals surface area contributed by atoms with Crippen LogP contribution in [0.2, 0.25) is 0 Å². The molecule has 4 heteroatoms. The highest BCUT2D eigenvalue weighted by Gasteiger charge is 2.20. The Balaban J connectivity index is 1.74. The first-order chi connectivity index (χ1) is 11.7. The van der Waals surface area contributed by atoms with Crippen molar-refractivity contribution in [1.82, 2.24) is 15.3 Å². The molecule has 0 spiro atoms. The second-order valence-corrected chi connectivity index (χ2v) is 6.06. The number of nitrogens with one attached hydrogen (secondary N) is 2. The number of carbonyl (C=O) groups excluding carboxylic acids is 1. The van der Waals surface area contributed by atoms with Crippen LogP contribution in [-0.4, -0.2) is 22.4 Å². The number of aromatic nitrogens is 2. The van der Waals surface area contributed by atoms with E-state index in [-0.39, 0.29) is 5.91 Å². The minimum Gasteiger partial charge on any atom is -0.358 e. The van der Waals surface area contributed by atoms with Crippen molar-refractivity contribution >= 4 is 5.91 Å². The van der Waals surface area contributed by atoms with Gasteiger partial charge >= 0.3 is 0 Å². The van der Waals surface area contributed by atoms with Crippen LogP contribution in [0.15, 0.2) is 48.7 Å². The van der Waals surface area contributed by atoms with Gasteiger partial charge in [-0.25, -0.2) is 0 Å². The van der Waals surface area contributed by atoms with Crippen LogP contribution in [0.5, 0.6) is 0 Å². The molecule has 3 heterocycles. The maximum Gasteiger partial charge on any atom is 0.253 e. The Bertz CT molecular complexity index is 911. The lowest BCUT2D eigenvalue weighted by Gasteiger charge is -2.11. The van der Waals surface area contributed by atoms with Crippen LogP contribution in [0, 0.1) is 0 Å². The maximum absolute atomic E-state index is 11.9. The van der Waals surface area contributed by atoms with Crippen LogP contribution >= 0.6 is 0 Å². The molecule has 0 unspecified atom stereocenters. The Kier molecular flexibility index (Phi) is 3.65. The van der Waals surface area contributed by atoms with Gasteiger partial charge in [-0.1, -0.05) is 25.1 Å². The molecule has 0 saturated carbocycles. The zero-order chi connectivity index (χ0) is 16.5. The standard InChI is InChI=1S/C20H19N3O/c1-2-13-4-3-5-14(10-13)18-11-15(6-8-21-18)19-12-16-17(23-19)7-9-22-20(16)24/h3-6,8,10-12,23H,2,7,9H2,1H3,(H,22,24). The number of hydrogen-bond donors (Lipinski definition) is 2. The van der Waals surface area contributed by atoms with E-state index in [0.29, 0.717) is 6.54 Å². The lowest BCUT2D eigenvalue weighted by atomic mass is 10.0. The number of nitrogens with zero attached hydrogens (tertiary/aromatic N) is 1. The molecule has 1 aliphatic heterocycles. The Labute approximate surface area is 141 Å². The number of pyridine rings is 1. The van der Waals surface area contributed by atoms with Gasteiger partial charge in [-0.2, -0.15) is 0 Å². The fourth-order valence-corrected chi connectivity index (χ4v) is 3.16. The Morgan fingerprint density at radius 1 is 1.12 bits per heavy atom. The van der Waals surface area contributed by atoms with E-state index in [1.807, 2.05) is 18.3 Å². The van der Waals surface area contributed by atoms with Crippen molar-refractivity contribution in [2.45, 2.75) is 19.8 Å². The van der Waals surface area contributed by atoms with E-state index in [0.717, 1.165) is 46.6 Å². The average Bonchev–Trinajstić information content (AvgIpc) is 3.08. The van der Waals surface area contributed by atoms with Gasteiger partial charge in [0.05, 0.1) is 11.3 Å². The summed E-state index contributed by atoms with van der Waals surface area (Å²) in [6, 6.07) is 14.4. The van der Waals surface area contributed by atoms with E-state index in [1.54, 1.807) is 0 Å². The van der Waals surface area contributed by atoms with Crippen molar-refractivity contribution in [1.29, 1.82) is 0 Å². The zero-order valence-corrected chi connectivity index (χ0v) is 13.6. The van der Waals surface area contributed by atoms with Gasteiger partial charge in [0.15, 0.2) is 0 Å². The van der Waals surface area contributed by atoms with Crippen LogP contribution in [0.25, 0.3) is 22.5 Å². The van der Waals surface area contributed by atoms with Gasteiger partial charge < -0.3 is 10.3 Å². The second kappa shape index (κ2) is 5.96. The highest BCUT2D eigenvalue weighted by Crippen LogP contribution is 2.27. The summed E-state index contributed by atoms with van der Waals surface area (Å²) in [5, 5.41) is 2.88. The number of carbonyl (C=O) groups is 1. The quantitative estimate of drug-likeness (QED) is 0.775. The molecule has 0 radical (unpaired) electrons. The van der Waals surface area contributed by atoms with Gasteiger partial charge in [-0.3, -0.25) is 9.78 Å². The minimum absolute atomic E-state index is 0.00340. The number of H-pyrrole nitrogens is 1. The topological polar surface area (TPSA) is 57.8 Å². The van der Waals surface area contributed by atoms with E-state index < -0.39 is 0 Å². The van der Waals surface area contributed by atoms with Crippen molar-refractivity contribution in [3.05, 3.63) is 65.5 Å². The van der Waals surface area contributed by atoms with Crippen molar-refractivity contribution in [2.75, 3.05) is 6.54 Å². The molecule has 0 atom stereocenters. The fraction of sp³-hybridized carbons (Fsp3) is 0.200. The van der Waals surface area contributed by atoms with Crippen LogP contribution < -0.4 is 5.32 Å². The van der Waals surface area contributed by atoms with E-state index in [9.17, 15) is 4.79 Å². The van der Waals surface area contributed by atoms with Crippen molar-refractivity contribution < 1.29 is 4.79 Å². The lowest BCUT2D eigenvalue weighted by molar-refractivity contribution is 0.0946. The largest absolute Gasteiger partial charge is 0.358 e. The zero-order valence-electron chi connectivity index (χ0n) is 13.6. The van der Waals surface area contributed by atoms with Gasteiger partial charge in [0.2, 0.25) is 0 Å². The molecule has 24 heavy (non-hydrogen) atoms. The summed E-state index contributed by atoms with van der Waals surface area (Å²) >= 11 is 0. The number of rotatable bonds is 3. The molecule has 2 N–H and O–H groups in total. The first-order valence-electron chi connectivity index (χ1n) is 8.30. The summed E-state index contributed by atoms with van der Waals surface area (Å²) in [4.78, 5) is 19.9. The smallest absolute Gasteiger partial charge is 0.253 e. The highest BCUT2D eigenvalue weighted by atomic mass is 16.1. The van der Waals surface area contributed by atoms with Gasteiger partial charge in [0.25, 0.3) is 5.91 Å². The monoisotopic (exact) mass is 317 g/mol. The summed E-state index contributed by atoms with van der Waals surface area (Å²) in [5.74, 6) is 0.00340. The molecule has 1 aromatic carbocycles. The first kappa shape index (κ1) is 14.7. The summed E-state index contributed by atoms with van der Waals surface area (Å²) in [6.07, 6.45) is 3.67. The first-order valence-corrected chi connectivity index (χ1v) is 8.30. The highest BCUT2D eigenvalue weighted by molar-refractivity contribution is 5.97. The average molecular weight is 317 g/mol. The number of aryl methyl sites for hydroxylation is 1. The number of hydrogen-bond acceptors (Lipinski definition) is 2. The molecule has 0 bridgehead atoms. The summed E-state index contributed by atoms with van der Waals surface area (Å²) in [6.45, 7) is 2.84. The molecule has 1 aliphatic rings. The third-order valence-corrected chi connectivity index (χ3v) is 4.51. The molecule has 3 aromatic rings. The van der Waals surface area contributed by atoms with Crippen LogP contribution in [0.3, 0.4) is 0 Å². The van der Waals surface area contributed by atoms with E-state index in [4.69, 9.17) is 0 Å². The van der Waals surface area contributed by atoms with Crippen LogP contribution in [0.4, 0.5) is 0 Å². The third kappa shape index (κ3) is 2.60. The molecule has 120 valence electrons. The summed E-state index contributed by atoms with van der Waals surface area (Å²) in [7, 11) is 0. The van der Waals surface area contributed by atoms with Crippen LogP contribution in [0.1, 0.15) is 28.5 Å². The van der Waals surface area contributed by atoms with Crippen molar-refractivity contribution in [3.8, 4) is 22.5 Å². The maximum atomic E-state index is 11.9. The number of aromatic amines is 1. The van der Waals surface area contributed by atoms with Gasteiger partial charge in [0.1, 0.15) is 0 Å². The van der Waals surface area contributed by atoms with Crippen molar-refractivity contribution in [2.24, 2.45) is 0 Å². The van der Waals surface area contributed by atoms with Crippen LogP contribution in [-0.2, 0) is 12.8 Å². The van der Waals surface area contributed by atoms with Gasteiger partial charge in [-0.05, 0) is 36.2 Å². The fourth-order valence-electron chi connectivity index (χ4n) is 3.16. The van der Waals surface area contributed by atoms with E-state index in [2.05, 4.69) is 52.5 Å². The summed E-state index contributed by atoms with van der Waals surface area (Å²) < 4.78 is 0. The Hall–Kier alpha value is -2.88. The number of benzene rings is 1. The molecular formula is C20H19N3O. The Morgan fingerprint density at radius 2 is 2.04 bits per heavy atom. The molecule has 0 fully saturated rings. The molecule has 4 rings (SSSR count). The number of amides is 1. The summed E-state index contributed by atoms with van der Waals surface area (Å²) in [5.41, 5.74) is 7.14. The predicted molar refractivity (Wildman–Crippen MR) is 94.9 cm³/mol. The Morgan fingerprint density at radius 3 is 2.88 bits per heavy atom. The normalized spacial score (nSPS) is 13.5. The molecular weight excluding hydrogens is 298 g/mol. The second-order valence-electron chi connectivity index (χ2n) is 6.06. The van der Waals surface area contributed by atoms with Crippen molar-refractivity contribution in [3.63, 3.8) is 0 Å². The number of fused-ring (bicyclic) bond motifs is 1. The van der Waals surface area contributed by atoms with E-state index >= 15 is 0 Å².